The van der Waals surface area contributed by atoms with Crippen LogP contribution in [0.2, 0.25) is 0 Å². The molecule has 0 bridgehead atoms. The second-order valence-corrected chi connectivity index (χ2v) is 3.32. The molecule has 0 fully saturated rings. The molecule has 1 aromatic rings. The number of hydrogen-bond donors (Lipinski definition) is 1. The summed E-state index contributed by atoms with van der Waals surface area (Å²) in [5, 5.41) is 8.70. The van der Waals surface area contributed by atoms with Crippen molar-refractivity contribution in [2.75, 3.05) is 0 Å². The molecule has 0 aliphatic carbocycles. The first-order valence-electron chi connectivity index (χ1n) is 4.37. The minimum Gasteiger partial charge on any atom is -0.478 e. The predicted molar refractivity (Wildman–Crippen MR) is 51.7 cm³/mol. The smallest absolute Gasteiger partial charge is 0.337 e. The SMILES string of the molecule is Cc1cc(C(=O)O)cnc1OC(C)C. The van der Waals surface area contributed by atoms with Crippen LogP contribution in [0.1, 0.15) is 29.8 Å². The number of carbonyl (C=O) groups is 1. The summed E-state index contributed by atoms with van der Waals surface area (Å²) < 4.78 is 5.38. The lowest BCUT2D eigenvalue weighted by Gasteiger charge is -2.10. The van der Waals surface area contributed by atoms with Gasteiger partial charge in [-0.15, -0.1) is 0 Å². The summed E-state index contributed by atoms with van der Waals surface area (Å²) in [6.45, 7) is 5.57. The van der Waals surface area contributed by atoms with Crippen LogP contribution in [0.25, 0.3) is 0 Å². The van der Waals surface area contributed by atoms with Crippen molar-refractivity contribution in [1.82, 2.24) is 4.98 Å². The fourth-order valence-electron chi connectivity index (χ4n) is 1.03. The van der Waals surface area contributed by atoms with Gasteiger partial charge in [0.25, 0.3) is 0 Å². The Hall–Kier alpha value is -1.58. The molecule has 0 atom stereocenters. The third-order valence-corrected chi connectivity index (χ3v) is 1.62. The average Bonchev–Trinajstić information content (AvgIpc) is 2.07. The molecule has 0 spiro atoms. The van der Waals surface area contributed by atoms with Crippen LogP contribution in [0.5, 0.6) is 5.88 Å². The van der Waals surface area contributed by atoms with Gasteiger partial charge in [0.1, 0.15) is 0 Å². The van der Waals surface area contributed by atoms with Crippen LogP contribution in [0, 0.1) is 6.92 Å². The molecule has 1 rings (SSSR count). The van der Waals surface area contributed by atoms with E-state index in [1.807, 2.05) is 13.8 Å². The van der Waals surface area contributed by atoms with E-state index in [-0.39, 0.29) is 11.7 Å². The standard InChI is InChI=1S/C10H13NO3/c1-6(2)14-9-7(3)4-8(5-11-9)10(12)13/h4-6H,1-3H3,(H,12,13). The van der Waals surface area contributed by atoms with Crippen molar-refractivity contribution in [2.45, 2.75) is 26.9 Å². The molecule has 1 heterocycles. The van der Waals surface area contributed by atoms with Crippen molar-refractivity contribution < 1.29 is 14.6 Å². The fourth-order valence-corrected chi connectivity index (χ4v) is 1.03. The van der Waals surface area contributed by atoms with E-state index in [9.17, 15) is 4.79 Å². The van der Waals surface area contributed by atoms with Gasteiger partial charge in [0.05, 0.1) is 11.7 Å². The maximum Gasteiger partial charge on any atom is 0.337 e. The van der Waals surface area contributed by atoms with Gasteiger partial charge in [0.2, 0.25) is 5.88 Å². The maximum atomic E-state index is 10.6. The second kappa shape index (κ2) is 4.09. The van der Waals surface area contributed by atoms with Crippen LogP contribution in [-0.4, -0.2) is 22.2 Å². The highest BCUT2D eigenvalue weighted by Gasteiger charge is 2.08. The van der Waals surface area contributed by atoms with Crippen LogP contribution in [0.4, 0.5) is 0 Å². The van der Waals surface area contributed by atoms with E-state index in [0.717, 1.165) is 5.56 Å². The molecule has 0 saturated carbocycles. The molecule has 0 unspecified atom stereocenters. The van der Waals surface area contributed by atoms with E-state index in [1.165, 1.54) is 6.20 Å². The number of rotatable bonds is 3. The third kappa shape index (κ3) is 2.45. The molecule has 0 aliphatic rings. The first kappa shape index (κ1) is 10.5. The Balaban J connectivity index is 2.95. The minimum atomic E-state index is -0.975. The Morgan fingerprint density at radius 1 is 1.57 bits per heavy atom. The van der Waals surface area contributed by atoms with E-state index in [2.05, 4.69) is 4.98 Å². The number of nitrogens with zero attached hydrogens (tertiary/aromatic N) is 1. The summed E-state index contributed by atoms with van der Waals surface area (Å²) in [4.78, 5) is 14.5. The highest BCUT2D eigenvalue weighted by atomic mass is 16.5. The number of carboxylic acid groups (broad SMARTS) is 1. The Kier molecular flexibility index (Phi) is 3.06. The Bertz CT molecular complexity index is 347. The molecule has 1 N–H and O–H groups in total. The molecule has 0 aliphatic heterocycles. The van der Waals surface area contributed by atoms with Gasteiger partial charge in [-0.3, -0.25) is 0 Å². The van der Waals surface area contributed by atoms with Gasteiger partial charge in [0.15, 0.2) is 0 Å². The van der Waals surface area contributed by atoms with Crippen molar-refractivity contribution in [3.63, 3.8) is 0 Å². The number of hydrogen-bond acceptors (Lipinski definition) is 3. The van der Waals surface area contributed by atoms with E-state index in [4.69, 9.17) is 9.84 Å². The van der Waals surface area contributed by atoms with E-state index in [0.29, 0.717) is 5.88 Å². The largest absolute Gasteiger partial charge is 0.478 e. The zero-order valence-electron chi connectivity index (χ0n) is 8.44. The molecular weight excluding hydrogens is 182 g/mol. The summed E-state index contributed by atoms with van der Waals surface area (Å²) in [5.41, 5.74) is 0.914. The van der Waals surface area contributed by atoms with Gasteiger partial charge < -0.3 is 9.84 Å². The third-order valence-electron chi connectivity index (χ3n) is 1.62. The lowest BCUT2D eigenvalue weighted by molar-refractivity contribution is 0.0696. The number of aromatic carboxylic acids is 1. The zero-order chi connectivity index (χ0) is 10.7. The minimum absolute atomic E-state index is 0.0388. The molecule has 0 saturated heterocycles. The summed E-state index contributed by atoms with van der Waals surface area (Å²) >= 11 is 0. The predicted octanol–water partition coefficient (Wildman–Crippen LogP) is 1.88. The second-order valence-electron chi connectivity index (χ2n) is 3.32. The highest BCUT2D eigenvalue weighted by Crippen LogP contribution is 2.16. The van der Waals surface area contributed by atoms with Crippen LogP contribution >= 0.6 is 0 Å². The van der Waals surface area contributed by atoms with Crippen molar-refractivity contribution in [3.8, 4) is 5.88 Å². The van der Waals surface area contributed by atoms with Crippen molar-refractivity contribution in [2.24, 2.45) is 0 Å². The van der Waals surface area contributed by atoms with Crippen LogP contribution in [-0.2, 0) is 0 Å². The first-order valence-corrected chi connectivity index (χ1v) is 4.37. The molecule has 4 nitrogen and oxygen atoms in total. The molecule has 0 aromatic carbocycles. The number of pyridine rings is 1. The van der Waals surface area contributed by atoms with E-state index in [1.54, 1.807) is 13.0 Å². The zero-order valence-corrected chi connectivity index (χ0v) is 8.44. The number of aromatic nitrogens is 1. The van der Waals surface area contributed by atoms with Gasteiger partial charge in [0, 0.05) is 11.8 Å². The monoisotopic (exact) mass is 195 g/mol. The molecule has 0 radical (unpaired) electrons. The maximum absolute atomic E-state index is 10.6. The molecule has 4 heteroatoms. The Morgan fingerprint density at radius 3 is 2.64 bits per heavy atom. The lowest BCUT2D eigenvalue weighted by Crippen LogP contribution is -2.09. The summed E-state index contributed by atoms with van der Waals surface area (Å²) in [7, 11) is 0. The summed E-state index contributed by atoms with van der Waals surface area (Å²) in [5.74, 6) is -0.485. The van der Waals surface area contributed by atoms with Gasteiger partial charge in [-0.05, 0) is 26.8 Å². The molecule has 76 valence electrons. The van der Waals surface area contributed by atoms with Crippen molar-refractivity contribution >= 4 is 5.97 Å². The quantitative estimate of drug-likeness (QED) is 0.799. The van der Waals surface area contributed by atoms with E-state index >= 15 is 0 Å². The van der Waals surface area contributed by atoms with Crippen molar-refractivity contribution in [3.05, 3.63) is 23.4 Å². The molecule has 0 amide bonds. The molecule has 1 aromatic heterocycles. The molecular formula is C10H13NO3. The molecule has 14 heavy (non-hydrogen) atoms. The first-order chi connectivity index (χ1) is 6.50. The number of carboxylic acids is 1. The Morgan fingerprint density at radius 2 is 2.21 bits per heavy atom. The van der Waals surface area contributed by atoms with Crippen LogP contribution in [0.3, 0.4) is 0 Å². The normalized spacial score (nSPS) is 10.3. The number of ether oxygens (including phenoxy) is 1. The van der Waals surface area contributed by atoms with Crippen LogP contribution < -0.4 is 4.74 Å². The van der Waals surface area contributed by atoms with Gasteiger partial charge >= 0.3 is 5.97 Å². The topological polar surface area (TPSA) is 59.4 Å². The Labute approximate surface area is 82.5 Å². The lowest BCUT2D eigenvalue weighted by atomic mass is 10.2. The van der Waals surface area contributed by atoms with Gasteiger partial charge in [-0.1, -0.05) is 0 Å². The van der Waals surface area contributed by atoms with Gasteiger partial charge in [-0.2, -0.15) is 0 Å². The summed E-state index contributed by atoms with van der Waals surface area (Å²) in [6, 6.07) is 1.55. The fraction of sp³-hybridized carbons (Fsp3) is 0.400. The van der Waals surface area contributed by atoms with E-state index < -0.39 is 5.97 Å². The van der Waals surface area contributed by atoms with Crippen LogP contribution in [0.15, 0.2) is 12.3 Å². The van der Waals surface area contributed by atoms with Gasteiger partial charge in [-0.25, -0.2) is 9.78 Å². The highest BCUT2D eigenvalue weighted by molar-refractivity contribution is 5.87. The number of aryl methyl sites for hydroxylation is 1. The average molecular weight is 195 g/mol. The van der Waals surface area contributed by atoms with Crippen molar-refractivity contribution in [1.29, 1.82) is 0 Å². The summed E-state index contributed by atoms with van der Waals surface area (Å²) in [6.07, 6.45) is 1.34.